The van der Waals surface area contributed by atoms with E-state index in [0.717, 1.165) is 37.2 Å². The predicted octanol–water partition coefficient (Wildman–Crippen LogP) is 2.57. The molecule has 2 aromatic rings. The molecule has 3 rings (SSSR count). The number of halogens is 1. The van der Waals surface area contributed by atoms with Gasteiger partial charge in [0.25, 0.3) is 10.0 Å². The van der Waals surface area contributed by atoms with E-state index in [4.69, 9.17) is 16.3 Å². The third-order valence-corrected chi connectivity index (χ3v) is 5.84. The number of aromatic nitrogens is 1. The highest BCUT2D eigenvalue weighted by Gasteiger charge is 2.21. The standard InChI is InChI=1S/C17H20ClN3O3S/c1-21-9-7-12-11-16(17(24-2)19-15(12)8-10-21)20-25(22,23)14-5-3-13(18)4-6-14/h3-6,11,20H,7-10H2,1-2H3. The third kappa shape index (κ3) is 4.05. The van der Waals surface area contributed by atoms with E-state index >= 15 is 0 Å². The Morgan fingerprint density at radius 3 is 2.56 bits per heavy atom. The predicted molar refractivity (Wildman–Crippen MR) is 98.0 cm³/mol. The Hall–Kier alpha value is -1.83. The SMILES string of the molecule is COc1nc2c(cc1NS(=O)(=O)c1ccc(Cl)cc1)CCN(C)CC2. The minimum Gasteiger partial charge on any atom is -0.479 e. The average Bonchev–Trinajstić information content (AvgIpc) is 2.76. The zero-order valence-corrected chi connectivity index (χ0v) is 15.7. The normalized spacial score (nSPS) is 15.3. The molecular formula is C17H20ClN3O3S. The van der Waals surface area contributed by atoms with Gasteiger partial charge in [0.05, 0.1) is 12.0 Å². The van der Waals surface area contributed by atoms with Gasteiger partial charge in [0, 0.05) is 30.2 Å². The molecule has 134 valence electrons. The van der Waals surface area contributed by atoms with Gasteiger partial charge in [-0.1, -0.05) is 11.6 Å². The van der Waals surface area contributed by atoms with Crippen LogP contribution in [-0.2, 0) is 22.9 Å². The molecule has 0 spiro atoms. The van der Waals surface area contributed by atoms with Crippen LogP contribution in [0.2, 0.25) is 5.02 Å². The lowest BCUT2D eigenvalue weighted by atomic mass is 10.1. The first kappa shape index (κ1) is 18.0. The zero-order valence-electron chi connectivity index (χ0n) is 14.1. The van der Waals surface area contributed by atoms with Crippen molar-refractivity contribution >= 4 is 27.3 Å². The summed E-state index contributed by atoms with van der Waals surface area (Å²) in [4.78, 5) is 6.88. The third-order valence-electron chi connectivity index (χ3n) is 4.21. The van der Waals surface area contributed by atoms with Gasteiger partial charge in [-0.05, 0) is 49.4 Å². The van der Waals surface area contributed by atoms with E-state index in [1.807, 2.05) is 6.07 Å². The van der Waals surface area contributed by atoms with Crippen molar-refractivity contribution in [1.82, 2.24) is 9.88 Å². The van der Waals surface area contributed by atoms with Crippen molar-refractivity contribution in [1.29, 1.82) is 0 Å². The molecule has 0 saturated heterocycles. The number of methoxy groups -OCH3 is 1. The van der Waals surface area contributed by atoms with Crippen LogP contribution in [0.4, 0.5) is 5.69 Å². The van der Waals surface area contributed by atoms with Crippen molar-refractivity contribution in [2.24, 2.45) is 0 Å². The highest BCUT2D eigenvalue weighted by molar-refractivity contribution is 7.92. The van der Waals surface area contributed by atoms with E-state index in [1.54, 1.807) is 12.1 Å². The van der Waals surface area contributed by atoms with Crippen LogP contribution in [0.25, 0.3) is 0 Å². The van der Waals surface area contributed by atoms with Crippen LogP contribution in [0, 0.1) is 0 Å². The largest absolute Gasteiger partial charge is 0.479 e. The molecule has 2 heterocycles. The Labute approximate surface area is 152 Å². The van der Waals surface area contributed by atoms with E-state index < -0.39 is 10.0 Å². The second kappa shape index (κ2) is 7.19. The summed E-state index contributed by atoms with van der Waals surface area (Å²) in [6, 6.07) is 7.83. The van der Waals surface area contributed by atoms with Crippen molar-refractivity contribution in [3.63, 3.8) is 0 Å². The van der Waals surface area contributed by atoms with Gasteiger partial charge in [-0.2, -0.15) is 0 Å². The molecular weight excluding hydrogens is 362 g/mol. The maximum absolute atomic E-state index is 12.6. The van der Waals surface area contributed by atoms with Gasteiger partial charge in [0.15, 0.2) is 0 Å². The van der Waals surface area contributed by atoms with Crippen molar-refractivity contribution in [3.05, 3.63) is 46.6 Å². The smallest absolute Gasteiger partial charge is 0.262 e. The summed E-state index contributed by atoms with van der Waals surface area (Å²) in [5.74, 6) is 0.279. The summed E-state index contributed by atoms with van der Waals surface area (Å²) in [5, 5.41) is 0.479. The fraction of sp³-hybridized carbons (Fsp3) is 0.353. The average molecular weight is 382 g/mol. The zero-order chi connectivity index (χ0) is 18.0. The maximum Gasteiger partial charge on any atom is 0.262 e. The minimum atomic E-state index is -3.75. The number of hydrogen-bond donors (Lipinski definition) is 1. The van der Waals surface area contributed by atoms with E-state index in [1.165, 1.54) is 19.2 Å². The van der Waals surface area contributed by atoms with Crippen molar-refractivity contribution in [3.8, 4) is 5.88 Å². The van der Waals surface area contributed by atoms with E-state index in [9.17, 15) is 8.42 Å². The van der Waals surface area contributed by atoms with E-state index in [2.05, 4.69) is 21.7 Å². The molecule has 1 aliphatic heterocycles. The molecule has 0 saturated carbocycles. The van der Waals surface area contributed by atoms with Gasteiger partial charge in [0.1, 0.15) is 5.69 Å². The highest BCUT2D eigenvalue weighted by Crippen LogP contribution is 2.29. The monoisotopic (exact) mass is 381 g/mol. The van der Waals surface area contributed by atoms with Crippen LogP contribution in [0.3, 0.4) is 0 Å². The molecule has 0 unspecified atom stereocenters. The Balaban J connectivity index is 1.95. The van der Waals surface area contributed by atoms with Gasteiger partial charge >= 0.3 is 0 Å². The molecule has 0 radical (unpaired) electrons. The Morgan fingerprint density at radius 1 is 1.20 bits per heavy atom. The molecule has 0 atom stereocenters. The summed E-state index contributed by atoms with van der Waals surface area (Å²) in [5.41, 5.74) is 2.34. The molecule has 6 nitrogen and oxygen atoms in total. The molecule has 0 bridgehead atoms. The number of rotatable bonds is 4. The number of hydrogen-bond acceptors (Lipinski definition) is 5. The van der Waals surface area contributed by atoms with Gasteiger partial charge in [-0.15, -0.1) is 0 Å². The number of sulfonamides is 1. The summed E-state index contributed by atoms with van der Waals surface area (Å²) in [6.45, 7) is 1.82. The van der Waals surface area contributed by atoms with Gasteiger partial charge < -0.3 is 9.64 Å². The van der Waals surface area contributed by atoms with Crippen molar-refractivity contribution < 1.29 is 13.2 Å². The molecule has 1 N–H and O–H groups in total. The summed E-state index contributed by atoms with van der Waals surface area (Å²) in [7, 11) is -0.202. The quantitative estimate of drug-likeness (QED) is 0.881. The minimum absolute atomic E-state index is 0.133. The van der Waals surface area contributed by atoms with Crippen LogP contribution in [0.1, 0.15) is 11.3 Å². The van der Waals surface area contributed by atoms with Crippen molar-refractivity contribution in [2.75, 3.05) is 32.0 Å². The number of ether oxygens (including phenoxy) is 1. The lowest BCUT2D eigenvalue weighted by molar-refractivity contribution is 0.351. The molecule has 1 aromatic heterocycles. The molecule has 25 heavy (non-hydrogen) atoms. The van der Waals surface area contributed by atoms with Crippen LogP contribution >= 0.6 is 11.6 Å². The highest BCUT2D eigenvalue weighted by atomic mass is 35.5. The topological polar surface area (TPSA) is 71.5 Å². The molecule has 0 aliphatic carbocycles. The van der Waals surface area contributed by atoms with Crippen LogP contribution in [0.5, 0.6) is 5.88 Å². The summed E-state index contributed by atoms with van der Waals surface area (Å²) >= 11 is 5.83. The lowest BCUT2D eigenvalue weighted by Gasteiger charge is -2.14. The van der Waals surface area contributed by atoms with E-state index in [0.29, 0.717) is 10.7 Å². The summed E-state index contributed by atoms with van der Waals surface area (Å²) in [6.07, 6.45) is 1.63. The Bertz CT molecular complexity index is 869. The van der Waals surface area contributed by atoms with E-state index in [-0.39, 0.29) is 10.8 Å². The van der Waals surface area contributed by atoms with Crippen molar-refractivity contribution in [2.45, 2.75) is 17.7 Å². The fourth-order valence-electron chi connectivity index (χ4n) is 2.77. The lowest BCUT2D eigenvalue weighted by Crippen LogP contribution is -2.20. The molecule has 1 aliphatic rings. The number of fused-ring (bicyclic) bond motifs is 1. The first-order valence-corrected chi connectivity index (χ1v) is 9.79. The van der Waals surface area contributed by atoms with Gasteiger partial charge in [-0.25, -0.2) is 13.4 Å². The fourth-order valence-corrected chi connectivity index (χ4v) is 3.95. The summed E-state index contributed by atoms with van der Waals surface area (Å²) < 4.78 is 33.1. The van der Waals surface area contributed by atoms with Crippen LogP contribution in [-0.4, -0.2) is 45.5 Å². The number of pyridine rings is 1. The van der Waals surface area contributed by atoms with Crippen LogP contribution < -0.4 is 9.46 Å². The first-order chi connectivity index (χ1) is 11.9. The number of nitrogens with zero attached hydrogens (tertiary/aromatic N) is 2. The number of nitrogens with one attached hydrogen (secondary N) is 1. The Morgan fingerprint density at radius 2 is 1.88 bits per heavy atom. The molecule has 0 fully saturated rings. The second-order valence-corrected chi connectivity index (χ2v) is 8.13. The molecule has 8 heteroatoms. The Kier molecular flexibility index (Phi) is 5.17. The van der Waals surface area contributed by atoms with Crippen LogP contribution in [0.15, 0.2) is 35.2 Å². The molecule has 0 amide bonds. The molecule has 1 aromatic carbocycles. The van der Waals surface area contributed by atoms with Gasteiger partial charge in [-0.3, -0.25) is 4.72 Å². The first-order valence-electron chi connectivity index (χ1n) is 7.93. The maximum atomic E-state index is 12.6. The number of benzene rings is 1. The van der Waals surface area contributed by atoms with Gasteiger partial charge in [0.2, 0.25) is 5.88 Å². The number of anilines is 1. The second-order valence-electron chi connectivity index (χ2n) is 6.01. The number of likely N-dealkylation sites (N-methyl/N-ethyl adjacent to an activating group) is 1.